The van der Waals surface area contributed by atoms with Gasteiger partial charge in [0.15, 0.2) is 0 Å². The molecule has 0 N–H and O–H groups in total. The molecule has 0 fully saturated rings. The van der Waals surface area contributed by atoms with Gasteiger partial charge in [0, 0.05) is 19.7 Å². The zero-order valence-electron chi connectivity index (χ0n) is 14.0. The third kappa shape index (κ3) is 2.50. The van der Waals surface area contributed by atoms with Crippen molar-refractivity contribution in [2.45, 2.75) is 0 Å². The highest BCUT2D eigenvalue weighted by atomic mass is 16.7. The molecule has 0 saturated carbocycles. The van der Waals surface area contributed by atoms with Crippen LogP contribution < -0.4 is 9.80 Å². The van der Waals surface area contributed by atoms with Crippen molar-refractivity contribution in [1.82, 2.24) is 0 Å². The summed E-state index contributed by atoms with van der Waals surface area (Å²) >= 11 is 0. The number of rotatable bonds is 2. The minimum atomic E-state index is -0.434. The molecule has 0 aliphatic carbocycles. The Labute approximate surface area is 146 Å². The summed E-state index contributed by atoms with van der Waals surface area (Å²) in [6.45, 7) is 0. The average Bonchev–Trinajstić information content (AvgIpc) is 3.13. The Morgan fingerprint density at radius 2 is 1.48 bits per heavy atom. The maximum absolute atomic E-state index is 12.1. The van der Waals surface area contributed by atoms with E-state index in [1.807, 2.05) is 62.6 Å². The van der Waals surface area contributed by atoms with Crippen LogP contribution in [-0.4, -0.2) is 25.8 Å². The molecule has 0 saturated heterocycles. The second-order valence-electron chi connectivity index (χ2n) is 5.90. The fourth-order valence-corrected chi connectivity index (χ4v) is 3.12. The van der Waals surface area contributed by atoms with Gasteiger partial charge in [0.1, 0.15) is 11.5 Å². The van der Waals surface area contributed by atoms with Gasteiger partial charge >= 0.3 is 5.97 Å². The smallest absolute Gasteiger partial charge is 0.329 e. The lowest BCUT2D eigenvalue weighted by Gasteiger charge is -2.17. The summed E-state index contributed by atoms with van der Waals surface area (Å²) in [5.74, 6) is 0.539. The van der Waals surface area contributed by atoms with Crippen molar-refractivity contribution in [1.29, 1.82) is 0 Å². The molecule has 2 aliphatic rings. The molecule has 124 valence electrons. The molecule has 0 radical (unpaired) electrons. The van der Waals surface area contributed by atoms with E-state index < -0.39 is 5.97 Å². The van der Waals surface area contributed by atoms with Crippen molar-refractivity contribution in [3.63, 3.8) is 0 Å². The summed E-state index contributed by atoms with van der Waals surface area (Å²) < 4.78 is 0. The number of carbonyl (C=O) groups is 1. The number of fused-ring (bicyclic) bond motifs is 1. The van der Waals surface area contributed by atoms with Crippen LogP contribution in [0.25, 0.3) is 0 Å². The Hall–Kier alpha value is -3.34. The Morgan fingerprint density at radius 3 is 2.12 bits per heavy atom. The minimum absolute atomic E-state index is 0.434. The van der Waals surface area contributed by atoms with Crippen LogP contribution in [0.15, 0.2) is 83.3 Å². The van der Waals surface area contributed by atoms with Crippen LogP contribution in [0.1, 0.15) is 5.56 Å². The lowest BCUT2D eigenvalue weighted by molar-refractivity contribution is -0.136. The molecule has 5 nitrogen and oxygen atoms in total. The molecule has 2 heterocycles. The SMILES string of the molecule is CN1C(=C/C=C2\C(=O)ON=C2c2ccccc2)N(C)c2ccccc21. The Kier molecular flexibility index (Phi) is 3.61. The number of para-hydroxylation sites is 2. The summed E-state index contributed by atoms with van der Waals surface area (Å²) in [5, 5.41) is 3.93. The van der Waals surface area contributed by atoms with Crippen molar-refractivity contribution >= 4 is 23.1 Å². The van der Waals surface area contributed by atoms with Crippen LogP contribution in [0.2, 0.25) is 0 Å². The highest BCUT2D eigenvalue weighted by Crippen LogP contribution is 2.39. The fourth-order valence-electron chi connectivity index (χ4n) is 3.12. The molecular weight excluding hydrogens is 314 g/mol. The second-order valence-corrected chi connectivity index (χ2v) is 5.90. The molecule has 2 aromatic carbocycles. The minimum Gasteiger partial charge on any atom is -0.329 e. The standard InChI is InChI=1S/C20H17N3O2/c1-22-16-10-6-7-11-17(16)23(2)18(22)13-12-15-19(21-25-20(15)24)14-8-4-3-5-9-14/h3-13H,1-2H3/b15-12-. The zero-order valence-corrected chi connectivity index (χ0v) is 14.0. The Bertz CT molecular complexity index is 898. The molecule has 0 spiro atoms. The van der Waals surface area contributed by atoms with Crippen molar-refractivity contribution < 1.29 is 9.63 Å². The topological polar surface area (TPSA) is 45.1 Å². The van der Waals surface area contributed by atoms with Gasteiger partial charge < -0.3 is 14.6 Å². The van der Waals surface area contributed by atoms with Crippen LogP contribution in [0.4, 0.5) is 11.4 Å². The van der Waals surface area contributed by atoms with E-state index in [-0.39, 0.29) is 0 Å². The number of oxime groups is 1. The number of carbonyl (C=O) groups excluding carboxylic acids is 1. The number of hydrogen-bond donors (Lipinski definition) is 0. The molecule has 5 heteroatoms. The van der Waals surface area contributed by atoms with Gasteiger partial charge in [-0.1, -0.05) is 47.6 Å². The van der Waals surface area contributed by atoms with Crippen LogP contribution in [-0.2, 0) is 9.63 Å². The van der Waals surface area contributed by atoms with Gasteiger partial charge in [-0.2, -0.15) is 0 Å². The van der Waals surface area contributed by atoms with Gasteiger partial charge in [0.25, 0.3) is 0 Å². The van der Waals surface area contributed by atoms with Gasteiger partial charge in [-0.3, -0.25) is 0 Å². The van der Waals surface area contributed by atoms with E-state index in [4.69, 9.17) is 4.84 Å². The predicted molar refractivity (Wildman–Crippen MR) is 98.5 cm³/mol. The zero-order chi connectivity index (χ0) is 17.4. The Balaban J connectivity index is 1.70. The maximum Gasteiger partial charge on any atom is 0.368 e. The third-order valence-electron chi connectivity index (χ3n) is 4.43. The van der Waals surface area contributed by atoms with Crippen LogP contribution in [0.5, 0.6) is 0 Å². The largest absolute Gasteiger partial charge is 0.368 e. The van der Waals surface area contributed by atoms with Crippen molar-refractivity contribution in [3.05, 3.63) is 83.7 Å². The van der Waals surface area contributed by atoms with Crippen LogP contribution >= 0.6 is 0 Å². The number of benzene rings is 2. The van der Waals surface area contributed by atoms with Gasteiger partial charge in [-0.05, 0) is 24.3 Å². The van der Waals surface area contributed by atoms with E-state index in [2.05, 4.69) is 27.1 Å². The van der Waals surface area contributed by atoms with Crippen molar-refractivity contribution in [2.75, 3.05) is 23.9 Å². The van der Waals surface area contributed by atoms with Crippen LogP contribution in [0, 0.1) is 0 Å². The monoisotopic (exact) mass is 331 g/mol. The lowest BCUT2D eigenvalue weighted by Crippen LogP contribution is -2.21. The second kappa shape index (κ2) is 5.94. The maximum atomic E-state index is 12.1. The summed E-state index contributed by atoms with van der Waals surface area (Å²) in [7, 11) is 4.01. The first kappa shape index (κ1) is 15.2. The lowest BCUT2D eigenvalue weighted by atomic mass is 10.0. The molecular formula is C20H17N3O2. The van der Waals surface area contributed by atoms with E-state index in [1.165, 1.54) is 0 Å². The van der Waals surface area contributed by atoms with E-state index in [0.717, 1.165) is 22.8 Å². The summed E-state index contributed by atoms with van der Waals surface area (Å²) in [6, 6.07) is 17.7. The quantitative estimate of drug-likeness (QED) is 0.626. The molecule has 0 aromatic heterocycles. The summed E-state index contributed by atoms with van der Waals surface area (Å²) in [5.41, 5.74) is 4.12. The third-order valence-corrected chi connectivity index (χ3v) is 4.43. The van der Waals surface area contributed by atoms with E-state index in [1.54, 1.807) is 6.08 Å². The molecule has 25 heavy (non-hydrogen) atoms. The van der Waals surface area contributed by atoms with Crippen molar-refractivity contribution in [3.8, 4) is 0 Å². The molecule has 0 unspecified atom stereocenters. The van der Waals surface area contributed by atoms with Crippen LogP contribution in [0.3, 0.4) is 0 Å². The number of nitrogens with zero attached hydrogens (tertiary/aromatic N) is 3. The number of allylic oxidation sites excluding steroid dienone is 2. The van der Waals surface area contributed by atoms with Gasteiger partial charge in [-0.25, -0.2) is 4.79 Å². The fraction of sp³-hybridized carbons (Fsp3) is 0.100. The predicted octanol–water partition coefficient (Wildman–Crippen LogP) is 3.30. The highest BCUT2D eigenvalue weighted by molar-refractivity contribution is 6.28. The normalized spacial score (nSPS) is 17.7. The van der Waals surface area contributed by atoms with E-state index in [9.17, 15) is 4.79 Å². The van der Waals surface area contributed by atoms with Gasteiger partial charge in [0.05, 0.1) is 16.9 Å². The highest BCUT2D eigenvalue weighted by Gasteiger charge is 2.28. The molecule has 4 rings (SSSR count). The number of hydrogen-bond acceptors (Lipinski definition) is 5. The molecule has 0 bridgehead atoms. The average molecular weight is 331 g/mol. The molecule has 0 amide bonds. The summed E-state index contributed by atoms with van der Waals surface area (Å²) in [6.07, 6.45) is 3.69. The van der Waals surface area contributed by atoms with Gasteiger partial charge in [0.2, 0.25) is 0 Å². The first-order valence-corrected chi connectivity index (χ1v) is 8.00. The van der Waals surface area contributed by atoms with Crippen molar-refractivity contribution in [2.24, 2.45) is 5.16 Å². The molecule has 2 aromatic rings. The van der Waals surface area contributed by atoms with E-state index in [0.29, 0.717) is 11.3 Å². The summed E-state index contributed by atoms with van der Waals surface area (Å²) in [4.78, 5) is 21.1. The van der Waals surface area contributed by atoms with Gasteiger partial charge in [-0.15, -0.1) is 0 Å². The first-order valence-electron chi connectivity index (χ1n) is 8.00. The Morgan fingerprint density at radius 1 is 0.880 bits per heavy atom. The molecule has 2 aliphatic heterocycles. The van der Waals surface area contributed by atoms with E-state index >= 15 is 0 Å². The first-order chi connectivity index (χ1) is 12.2. The number of anilines is 2. The molecule has 0 atom stereocenters.